The molecule has 2 rings (SSSR count). The van der Waals surface area contributed by atoms with E-state index in [2.05, 4.69) is 70.7 Å². The zero-order valence-electron chi connectivity index (χ0n) is 12.4. The van der Waals surface area contributed by atoms with Gasteiger partial charge in [0.2, 0.25) is 0 Å². The highest BCUT2D eigenvalue weighted by Gasteiger charge is 2.13. The van der Waals surface area contributed by atoms with Crippen molar-refractivity contribution in [3.8, 4) is 0 Å². The van der Waals surface area contributed by atoms with Crippen molar-refractivity contribution >= 4 is 15.9 Å². The number of rotatable bonds is 5. The van der Waals surface area contributed by atoms with Crippen molar-refractivity contribution in [1.29, 1.82) is 0 Å². The first-order valence-electron chi connectivity index (χ1n) is 7.11. The van der Waals surface area contributed by atoms with E-state index in [0.717, 1.165) is 29.6 Å². The molecule has 108 valence electrons. The van der Waals surface area contributed by atoms with Crippen LogP contribution in [0.4, 0.5) is 0 Å². The van der Waals surface area contributed by atoms with Crippen molar-refractivity contribution in [3.05, 3.63) is 51.3 Å². The normalized spacial score (nSPS) is 12.7. The van der Waals surface area contributed by atoms with Gasteiger partial charge in [0.15, 0.2) is 0 Å². The number of benzene rings is 1. The average molecular weight is 336 g/mol. The van der Waals surface area contributed by atoms with Crippen LogP contribution in [0.3, 0.4) is 0 Å². The Morgan fingerprint density at radius 1 is 1.25 bits per heavy atom. The molecule has 1 atom stereocenters. The van der Waals surface area contributed by atoms with Gasteiger partial charge in [-0.3, -0.25) is 4.68 Å². The van der Waals surface area contributed by atoms with Crippen LogP contribution >= 0.6 is 15.9 Å². The fourth-order valence-electron chi connectivity index (χ4n) is 2.45. The van der Waals surface area contributed by atoms with Crippen molar-refractivity contribution in [2.24, 2.45) is 5.73 Å². The smallest absolute Gasteiger partial charge is 0.0624 e. The standard InChI is InChI=1S/C16H22BrN3/c1-4-14-9-15(20(5-2)19-14)10-16(18)12-6-11(3)7-13(17)8-12/h6-9,16H,4-5,10,18H2,1-3H3. The molecular formula is C16H22BrN3. The van der Waals surface area contributed by atoms with Crippen LogP contribution in [0, 0.1) is 6.92 Å². The molecule has 0 saturated heterocycles. The molecule has 4 heteroatoms. The van der Waals surface area contributed by atoms with Crippen LogP contribution in [0.2, 0.25) is 0 Å². The molecule has 20 heavy (non-hydrogen) atoms. The van der Waals surface area contributed by atoms with Crippen molar-refractivity contribution in [2.45, 2.75) is 46.2 Å². The first kappa shape index (κ1) is 15.3. The van der Waals surface area contributed by atoms with Crippen molar-refractivity contribution in [2.75, 3.05) is 0 Å². The summed E-state index contributed by atoms with van der Waals surface area (Å²) >= 11 is 3.54. The van der Waals surface area contributed by atoms with E-state index in [1.807, 2.05) is 0 Å². The zero-order chi connectivity index (χ0) is 14.7. The number of aromatic nitrogens is 2. The lowest BCUT2D eigenvalue weighted by Crippen LogP contribution is -2.16. The highest BCUT2D eigenvalue weighted by molar-refractivity contribution is 9.10. The first-order valence-corrected chi connectivity index (χ1v) is 7.91. The second-order valence-electron chi connectivity index (χ2n) is 5.17. The number of hydrogen-bond donors (Lipinski definition) is 1. The Kier molecular flexibility index (Phi) is 5.00. The summed E-state index contributed by atoms with van der Waals surface area (Å²) in [7, 11) is 0. The summed E-state index contributed by atoms with van der Waals surface area (Å²) in [4.78, 5) is 0. The van der Waals surface area contributed by atoms with E-state index in [-0.39, 0.29) is 6.04 Å². The summed E-state index contributed by atoms with van der Waals surface area (Å²) in [5.41, 5.74) is 11.1. The third kappa shape index (κ3) is 3.49. The van der Waals surface area contributed by atoms with Crippen LogP contribution in [0.15, 0.2) is 28.7 Å². The van der Waals surface area contributed by atoms with E-state index in [1.165, 1.54) is 16.8 Å². The molecule has 1 aromatic carbocycles. The van der Waals surface area contributed by atoms with Gasteiger partial charge in [-0.05, 0) is 49.6 Å². The maximum Gasteiger partial charge on any atom is 0.0624 e. The van der Waals surface area contributed by atoms with Gasteiger partial charge in [-0.25, -0.2) is 0 Å². The quantitative estimate of drug-likeness (QED) is 0.903. The minimum absolute atomic E-state index is 0.00194. The summed E-state index contributed by atoms with van der Waals surface area (Å²) in [6, 6.07) is 8.53. The molecule has 0 aliphatic rings. The van der Waals surface area contributed by atoms with Gasteiger partial charge in [0, 0.05) is 29.2 Å². The van der Waals surface area contributed by atoms with E-state index < -0.39 is 0 Å². The van der Waals surface area contributed by atoms with Crippen LogP contribution in [-0.2, 0) is 19.4 Å². The van der Waals surface area contributed by atoms with Crippen LogP contribution in [0.25, 0.3) is 0 Å². The SMILES string of the molecule is CCc1cc(CC(N)c2cc(C)cc(Br)c2)n(CC)n1. The molecule has 2 N–H and O–H groups in total. The third-order valence-electron chi connectivity index (χ3n) is 3.50. The lowest BCUT2D eigenvalue weighted by Gasteiger charge is -2.14. The van der Waals surface area contributed by atoms with Crippen molar-refractivity contribution in [1.82, 2.24) is 9.78 Å². The molecule has 0 fully saturated rings. The van der Waals surface area contributed by atoms with E-state index in [4.69, 9.17) is 5.73 Å². The number of nitrogens with zero attached hydrogens (tertiary/aromatic N) is 2. The molecule has 0 bridgehead atoms. The molecule has 1 aromatic heterocycles. The molecular weight excluding hydrogens is 314 g/mol. The Balaban J connectivity index is 2.22. The number of nitrogens with two attached hydrogens (primary N) is 1. The molecule has 1 heterocycles. The summed E-state index contributed by atoms with van der Waals surface area (Å²) in [6.07, 6.45) is 1.78. The summed E-state index contributed by atoms with van der Waals surface area (Å²) in [5, 5.41) is 4.58. The Morgan fingerprint density at radius 3 is 2.60 bits per heavy atom. The molecule has 0 saturated carbocycles. The van der Waals surface area contributed by atoms with E-state index in [0.29, 0.717) is 0 Å². The number of aryl methyl sites for hydroxylation is 3. The summed E-state index contributed by atoms with van der Waals surface area (Å²) < 4.78 is 3.14. The molecule has 2 aromatic rings. The van der Waals surface area contributed by atoms with Crippen molar-refractivity contribution in [3.63, 3.8) is 0 Å². The van der Waals surface area contributed by atoms with E-state index in [1.54, 1.807) is 0 Å². The summed E-state index contributed by atoms with van der Waals surface area (Å²) in [6.45, 7) is 7.22. The maximum atomic E-state index is 6.38. The number of hydrogen-bond acceptors (Lipinski definition) is 2. The zero-order valence-corrected chi connectivity index (χ0v) is 13.9. The largest absolute Gasteiger partial charge is 0.324 e. The molecule has 1 unspecified atom stereocenters. The van der Waals surface area contributed by atoms with Gasteiger partial charge in [0.05, 0.1) is 5.69 Å². The third-order valence-corrected chi connectivity index (χ3v) is 3.96. The minimum Gasteiger partial charge on any atom is -0.324 e. The van der Waals surface area contributed by atoms with Gasteiger partial charge in [-0.1, -0.05) is 28.9 Å². The summed E-state index contributed by atoms with van der Waals surface area (Å²) in [5.74, 6) is 0. The average Bonchev–Trinajstić information content (AvgIpc) is 2.79. The lowest BCUT2D eigenvalue weighted by atomic mass is 10.0. The molecule has 3 nitrogen and oxygen atoms in total. The lowest BCUT2D eigenvalue weighted by molar-refractivity contribution is 0.585. The van der Waals surface area contributed by atoms with Crippen LogP contribution in [-0.4, -0.2) is 9.78 Å². The van der Waals surface area contributed by atoms with Gasteiger partial charge < -0.3 is 5.73 Å². The molecule has 0 spiro atoms. The van der Waals surface area contributed by atoms with Gasteiger partial charge in [0.25, 0.3) is 0 Å². The topological polar surface area (TPSA) is 43.8 Å². The Labute approximate surface area is 129 Å². The predicted octanol–water partition coefficient (Wildman–Crippen LogP) is 3.78. The van der Waals surface area contributed by atoms with Gasteiger partial charge in [-0.15, -0.1) is 0 Å². The highest BCUT2D eigenvalue weighted by atomic mass is 79.9. The van der Waals surface area contributed by atoms with E-state index >= 15 is 0 Å². The maximum absolute atomic E-state index is 6.38. The second kappa shape index (κ2) is 6.55. The fraction of sp³-hybridized carbons (Fsp3) is 0.438. The molecule has 0 radical (unpaired) electrons. The Hall–Kier alpha value is -1.13. The van der Waals surface area contributed by atoms with Gasteiger partial charge >= 0.3 is 0 Å². The minimum atomic E-state index is -0.00194. The second-order valence-corrected chi connectivity index (χ2v) is 6.08. The monoisotopic (exact) mass is 335 g/mol. The number of halogens is 1. The van der Waals surface area contributed by atoms with Gasteiger partial charge in [-0.2, -0.15) is 5.10 Å². The first-order chi connectivity index (χ1) is 9.53. The molecule has 0 amide bonds. The fourth-order valence-corrected chi connectivity index (χ4v) is 3.07. The van der Waals surface area contributed by atoms with Crippen molar-refractivity contribution < 1.29 is 0 Å². The Bertz CT molecular complexity index is 569. The van der Waals surface area contributed by atoms with Gasteiger partial charge in [0.1, 0.15) is 0 Å². The molecule has 0 aliphatic carbocycles. The molecule has 0 aliphatic heterocycles. The highest BCUT2D eigenvalue weighted by Crippen LogP contribution is 2.22. The predicted molar refractivity (Wildman–Crippen MR) is 86.8 cm³/mol. The van der Waals surface area contributed by atoms with Crippen LogP contribution < -0.4 is 5.73 Å². The Morgan fingerprint density at radius 2 is 2.00 bits per heavy atom. The van der Waals surface area contributed by atoms with Crippen LogP contribution in [0.5, 0.6) is 0 Å². The van der Waals surface area contributed by atoms with E-state index in [9.17, 15) is 0 Å². The van der Waals surface area contributed by atoms with Crippen LogP contribution in [0.1, 0.15) is 42.4 Å².